The maximum atomic E-state index is 12.7. The van der Waals surface area contributed by atoms with Crippen LogP contribution in [-0.2, 0) is 9.59 Å². The summed E-state index contributed by atoms with van der Waals surface area (Å²) in [6, 6.07) is 13.4. The van der Waals surface area contributed by atoms with Gasteiger partial charge in [0.05, 0.1) is 0 Å². The molecule has 146 valence electrons. The number of amides is 3. The normalized spacial score (nSPS) is 13.8. The first-order chi connectivity index (χ1) is 13.4. The van der Waals surface area contributed by atoms with Gasteiger partial charge in [0.1, 0.15) is 19.8 Å². The molecule has 0 spiro atoms. The summed E-state index contributed by atoms with van der Waals surface area (Å²) in [4.78, 5) is 42.1. The van der Waals surface area contributed by atoms with E-state index in [9.17, 15) is 14.4 Å². The number of nitrogens with zero attached hydrogens (tertiary/aromatic N) is 3. The van der Waals surface area contributed by atoms with Gasteiger partial charge in [0, 0.05) is 27.8 Å². The van der Waals surface area contributed by atoms with Crippen molar-refractivity contribution in [1.82, 2.24) is 9.80 Å². The maximum Gasteiger partial charge on any atom is 0.254 e. The van der Waals surface area contributed by atoms with Gasteiger partial charge in [-0.3, -0.25) is 19.3 Å². The third-order valence-electron chi connectivity index (χ3n) is 4.52. The molecule has 1 aliphatic heterocycles. The molecule has 6 nitrogen and oxygen atoms in total. The number of benzene rings is 2. The largest absolute Gasteiger partial charge is 0.330 e. The summed E-state index contributed by atoms with van der Waals surface area (Å²) in [5.74, 6) is -0.718. The lowest BCUT2D eigenvalue weighted by Gasteiger charge is -2.24. The lowest BCUT2D eigenvalue weighted by atomic mass is 10.2. The molecule has 1 fully saturated rings. The molecule has 1 heterocycles. The number of carbonyl (C=O) groups is 3. The van der Waals surface area contributed by atoms with E-state index in [1.807, 2.05) is 0 Å². The van der Waals surface area contributed by atoms with Crippen molar-refractivity contribution in [2.24, 2.45) is 0 Å². The average Bonchev–Trinajstić information content (AvgIpc) is 3.08. The van der Waals surface area contributed by atoms with E-state index in [4.69, 9.17) is 23.2 Å². The van der Waals surface area contributed by atoms with E-state index < -0.39 is 0 Å². The highest BCUT2D eigenvalue weighted by Crippen LogP contribution is 2.22. The van der Waals surface area contributed by atoms with E-state index in [1.54, 1.807) is 55.5 Å². The van der Waals surface area contributed by atoms with Crippen molar-refractivity contribution in [3.8, 4) is 0 Å². The minimum Gasteiger partial charge on any atom is -0.330 e. The van der Waals surface area contributed by atoms with Crippen molar-refractivity contribution in [3.05, 3.63) is 64.1 Å². The van der Waals surface area contributed by atoms with Crippen LogP contribution >= 0.6 is 23.2 Å². The quantitative estimate of drug-likeness (QED) is 0.746. The molecule has 28 heavy (non-hydrogen) atoms. The van der Waals surface area contributed by atoms with Gasteiger partial charge < -0.3 is 9.80 Å². The summed E-state index contributed by atoms with van der Waals surface area (Å²) in [6.45, 7) is 2.20. The molecule has 0 aliphatic carbocycles. The minimum atomic E-state index is -0.283. The van der Waals surface area contributed by atoms with Gasteiger partial charge in [-0.1, -0.05) is 23.2 Å². The van der Waals surface area contributed by atoms with Gasteiger partial charge >= 0.3 is 0 Å². The van der Waals surface area contributed by atoms with Gasteiger partial charge in [-0.2, -0.15) is 0 Å². The maximum absolute atomic E-state index is 12.7. The van der Waals surface area contributed by atoms with Crippen molar-refractivity contribution >= 4 is 46.6 Å². The fourth-order valence-electron chi connectivity index (χ4n) is 2.93. The Morgan fingerprint density at radius 1 is 1.00 bits per heavy atom. The van der Waals surface area contributed by atoms with Gasteiger partial charge in [-0.25, -0.2) is 0 Å². The predicted molar refractivity (Wildman–Crippen MR) is 109 cm³/mol. The molecule has 0 atom stereocenters. The van der Waals surface area contributed by atoms with Crippen LogP contribution in [0, 0.1) is 0 Å². The third-order valence-corrected chi connectivity index (χ3v) is 5.02. The van der Waals surface area contributed by atoms with Crippen LogP contribution in [0.4, 0.5) is 5.69 Å². The number of carbonyl (C=O) groups excluding carboxylic acids is 3. The van der Waals surface area contributed by atoms with Gasteiger partial charge in [-0.05, 0) is 55.5 Å². The monoisotopic (exact) mass is 419 g/mol. The lowest BCUT2D eigenvalue weighted by Crippen LogP contribution is -2.42. The topological polar surface area (TPSA) is 60.9 Å². The average molecular weight is 420 g/mol. The Morgan fingerprint density at radius 2 is 1.57 bits per heavy atom. The highest BCUT2D eigenvalue weighted by atomic mass is 35.5. The second kappa shape index (κ2) is 8.63. The Balaban J connectivity index is 1.66. The third kappa shape index (κ3) is 4.46. The fourth-order valence-corrected chi connectivity index (χ4v) is 3.18. The van der Waals surface area contributed by atoms with E-state index in [2.05, 4.69) is 0 Å². The molecule has 1 saturated heterocycles. The molecule has 0 bridgehead atoms. The van der Waals surface area contributed by atoms with Gasteiger partial charge in [0.15, 0.2) is 0 Å². The zero-order valence-corrected chi connectivity index (χ0v) is 16.8. The SMILES string of the molecule is CCN(CC(=O)N1CC(=O)N(c2ccc(Cl)cc2)C1)C(=O)c1ccc(Cl)cc1. The molecule has 3 amide bonds. The Kier molecular flexibility index (Phi) is 6.21. The van der Waals surface area contributed by atoms with Crippen LogP contribution < -0.4 is 4.90 Å². The Labute approximate surface area is 173 Å². The van der Waals surface area contributed by atoms with E-state index in [0.29, 0.717) is 27.8 Å². The molecular weight excluding hydrogens is 401 g/mol. The number of hydrogen-bond donors (Lipinski definition) is 0. The van der Waals surface area contributed by atoms with Crippen LogP contribution in [0.15, 0.2) is 48.5 Å². The summed E-state index contributed by atoms with van der Waals surface area (Å²) >= 11 is 11.7. The molecule has 2 aromatic rings. The Bertz CT molecular complexity index is 885. The smallest absolute Gasteiger partial charge is 0.254 e. The lowest BCUT2D eigenvalue weighted by molar-refractivity contribution is -0.132. The summed E-state index contributed by atoms with van der Waals surface area (Å²) in [7, 11) is 0. The molecule has 0 unspecified atom stereocenters. The number of likely N-dealkylation sites (N-methyl/N-ethyl adjacent to an activating group) is 1. The van der Waals surface area contributed by atoms with E-state index in [1.165, 1.54) is 14.7 Å². The summed E-state index contributed by atoms with van der Waals surface area (Å²) in [5, 5.41) is 1.11. The predicted octanol–water partition coefficient (Wildman–Crippen LogP) is 3.29. The molecule has 2 aromatic carbocycles. The Hall–Kier alpha value is -2.57. The molecular formula is C20H19Cl2N3O3. The number of anilines is 1. The molecule has 0 N–H and O–H groups in total. The van der Waals surface area contributed by atoms with Gasteiger partial charge in [0.25, 0.3) is 5.91 Å². The second-order valence-corrected chi connectivity index (χ2v) is 7.23. The second-order valence-electron chi connectivity index (χ2n) is 6.36. The highest BCUT2D eigenvalue weighted by Gasteiger charge is 2.32. The molecule has 0 aromatic heterocycles. The van der Waals surface area contributed by atoms with Crippen LogP contribution in [0.5, 0.6) is 0 Å². The number of halogens is 2. The van der Waals surface area contributed by atoms with Crippen LogP contribution in [-0.4, -0.2) is 53.8 Å². The van der Waals surface area contributed by atoms with Crippen molar-refractivity contribution in [1.29, 1.82) is 0 Å². The van der Waals surface area contributed by atoms with Crippen molar-refractivity contribution in [2.45, 2.75) is 6.92 Å². The Morgan fingerprint density at radius 3 is 2.14 bits per heavy atom. The van der Waals surface area contributed by atoms with E-state index >= 15 is 0 Å². The number of rotatable bonds is 5. The van der Waals surface area contributed by atoms with Crippen LogP contribution in [0.25, 0.3) is 0 Å². The molecule has 0 saturated carbocycles. The van der Waals surface area contributed by atoms with Crippen molar-refractivity contribution in [2.75, 3.05) is 31.2 Å². The molecule has 8 heteroatoms. The van der Waals surface area contributed by atoms with Gasteiger partial charge in [0.2, 0.25) is 11.8 Å². The van der Waals surface area contributed by atoms with E-state index in [0.717, 1.165) is 0 Å². The molecule has 1 aliphatic rings. The summed E-state index contributed by atoms with van der Waals surface area (Å²) in [5.41, 5.74) is 1.13. The first-order valence-electron chi connectivity index (χ1n) is 8.77. The van der Waals surface area contributed by atoms with Crippen LogP contribution in [0.3, 0.4) is 0 Å². The van der Waals surface area contributed by atoms with Crippen molar-refractivity contribution in [3.63, 3.8) is 0 Å². The van der Waals surface area contributed by atoms with Crippen LogP contribution in [0.1, 0.15) is 17.3 Å². The van der Waals surface area contributed by atoms with Crippen molar-refractivity contribution < 1.29 is 14.4 Å². The summed E-state index contributed by atoms with van der Waals surface area (Å²) in [6.07, 6.45) is 0. The standard InChI is InChI=1S/C20H19Cl2N3O3/c1-2-23(20(28)14-3-5-15(21)6-4-14)11-18(26)24-12-19(27)25(13-24)17-9-7-16(22)8-10-17/h3-10H,2,11-13H2,1H3. The number of hydrogen-bond acceptors (Lipinski definition) is 3. The van der Waals surface area contributed by atoms with E-state index in [-0.39, 0.29) is 37.5 Å². The summed E-state index contributed by atoms with van der Waals surface area (Å²) < 4.78 is 0. The first kappa shape index (κ1) is 20.2. The minimum absolute atomic E-state index is 0.0197. The van der Waals surface area contributed by atoms with Crippen LogP contribution in [0.2, 0.25) is 10.0 Å². The first-order valence-corrected chi connectivity index (χ1v) is 9.53. The molecule has 3 rings (SSSR count). The molecule has 0 radical (unpaired) electrons. The zero-order valence-electron chi connectivity index (χ0n) is 15.3. The van der Waals surface area contributed by atoms with Gasteiger partial charge in [-0.15, -0.1) is 0 Å². The fraction of sp³-hybridized carbons (Fsp3) is 0.250. The highest BCUT2D eigenvalue weighted by molar-refractivity contribution is 6.31. The zero-order chi connectivity index (χ0) is 20.3.